The fourth-order valence-corrected chi connectivity index (χ4v) is 4.98. The van der Waals surface area contributed by atoms with Crippen molar-refractivity contribution >= 4 is 23.6 Å². The Labute approximate surface area is 188 Å². The molecule has 8 nitrogen and oxygen atoms in total. The van der Waals surface area contributed by atoms with Gasteiger partial charge in [-0.1, -0.05) is 37.5 Å². The summed E-state index contributed by atoms with van der Waals surface area (Å²) in [6, 6.07) is 7.45. The number of benzene rings is 1. The highest BCUT2D eigenvalue weighted by Crippen LogP contribution is 2.27. The number of nitrogens with one attached hydrogen (secondary N) is 2. The molecule has 3 aliphatic rings. The highest BCUT2D eigenvalue weighted by molar-refractivity contribution is 5.99. The Morgan fingerprint density at radius 2 is 1.69 bits per heavy atom. The molecule has 3 fully saturated rings. The van der Waals surface area contributed by atoms with Crippen LogP contribution in [0.2, 0.25) is 0 Å². The summed E-state index contributed by atoms with van der Waals surface area (Å²) in [6.45, 7) is 1.48. The largest absolute Gasteiger partial charge is 0.354 e. The smallest absolute Gasteiger partial charge is 0.254 e. The van der Waals surface area contributed by atoms with Crippen molar-refractivity contribution in [2.24, 2.45) is 5.92 Å². The maximum absolute atomic E-state index is 13.3. The Bertz CT molecular complexity index is 853. The van der Waals surface area contributed by atoms with Crippen LogP contribution >= 0.6 is 0 Å². The third-order valence-electron chi connectivity index (χ3n) is 6.83. The van der Waals surface area contributed by atoms with Crippen molar-refractivity contribution in [2.45, 2.75) is 57.0 Å². The molecule has 0 radical (unpaired) electrons. The molecule has 1 aliphatic carbocycles. The van der Waals surface area contributed by atoms with Crippen molar-refractivity contribution in [1.82, 2.24) is 20.4 Å². The summed E-state index contributed by atoms with van der Waals surface area (Å²) in [5.74, 6) is -0.713. The predicted octanol–water partition coefficient (Wildman–Crippen LogP) is 1.31. The number of rotatable bonds is 4. The number of carbonyl (C=O) groups is 4. The average molecular weight is 441 g/mol. The van der Waals surface area contributed by atoms with Gasteiger partial charge < -0.3 is 20.4 Å². The van der Waals surface area contributed by atoms with Gasteiger partial charge >= 0.3 is 0 Å². The molecule has 0 bridgehead atoms. The molecule has 4 rings (SSSR count). The molecule has 1 saturated carbocycles. The van der Waals surface area contributed by atoms with Gasteiger partial charge in [-0.2, -0.15) is 0 Å². The van der Waals surface area contributed by atoms with Gasteiger partial charge in [-0.3, -0.25) is 19.2 Å². The molecule has 2 heterocycles. The first kappa shape index (κ1) is 22.3. The van der Waals surface area contributed by atoms with Crippen molar-refractivity contribution in [3.05, 3.63) is 35.9 Å². The summed E-state index contributed by atoms with van der Waals surface area (Å²) in [5.41, 5.74) is 0.507. The quantitative estimate of drug-likeness (QED) is 0.738. The molecule has 0 unspecified atom stereocenters. The van der Waals surface area contributed by atoms with E-state index in [0.29, 0.717) is 31.6 Å². The standard InChI is InChI=1S/C24H32N4O4/c29-21-19(12-7-13-25-21)26-22(30)20-16-27(23(31)17-8-3-1-4-9-17)14-15-28(20)24(32)18-10-5-2-6-11-18/h2,5-6,10-11,17,19-20H,1,3-4,7-9,12-16H2,(H,25,29)(H,26,30)/t19-,20-/m0/s1. The van der Waals surface area contributed by atoms with Gasteiger partial charge in [0.1, 0.15) is 12.1 Å². The molecule has 8 heteroatoms. The average Bonchev–Trinajstić information content (AvgIpc) is 2.85. The second-order valence-corrected chi connectivity index (χ2v) is 8.99. The molecular formula is C24H32N4O4. The number of piperidine rings is 1. The number of piperazine rings is 1. The minimum absolute atomic E-state index is 0.00737. The molecule has 4 amide bonds. The Hall–Kier alpha value is -2.90. The van der Waals surface area contributed by atoms with E-state index < -0.39 is 12.1 Å². The summed E-state index contributed by atoms with van der Waals surface area (Å²) in [6.07, 6.45) is 6.43. The van der Waals surface area contributed by atoms with Gasteiger partial charge in [-0.05, 0) is 37.8 Å². The fraction of sp³-hybridized carbons (Fsp3) is 0.583. The van der Waals surface area contributed by atoms with Crippen molar-refractivity contribution in [3.8, 4) is 0 Å². The maximum atomic E-state index is 13.3. The molecular weight excluding hydrogens is 408 g/mol. The maximum Gasteiger partial charge on any atom is 0.254 e. The minimum atomic E-state index is -0.821. The molecule has 0 aromatic heterocycles. The van der Waals surface area contributed by atoms with Crippen LogP contribution in [0.3, 0.4) is 0 Å². The summed E-state index contributed by atoms with van der Waals surface area (Å²) in [4.78, 5) is 55.1. The topological polar surface area (TPSA) is 98.8 Å². The van der Waals surface area contributed by atoms with E-state index in [1.807, 2.05) is 6.07 Å². The molecule has 0 spiro atoms. The lowest BCUT2D eigenvalue weighted by molar-refractivity contribution is -0.142. The molecule has 172 valence electrons. The van der Waals surface area contributed by atoms with Crippen LogP contribution in [0.15, 0.2) is 30.3 Å². The van der Waals surface area contributed by atoms with Crippen LogP contribution in [0.5, 0.6) is 0 Å². The van der Waals surface area contributed by atoms with Gasteiger partial charge in [0.25, 0.3) is 5.91 Å². The summed E-state index contributed by atoms with van der Waals surface area (Å²) in [5, 5.41) is 5.60. The SMILES string of the molecule is O=C1NCCC[C@@H]1NC(=O)[C@@H]1CN(C(=O)C2CCCCC2)CCN1C(=O)c1ccccc1. The molecule has 2 N–H and O–H groups in total. The Morgan fingerprint density at radius 1 is 0.938 bits per heavy atom. The number of hydrogen-bond donors (Lipinski definition) is 2. The lowest BCUT2D eigenvalue weighted by Crippen LogP contribution is -2.64. The first-order valence-corrected chi connectivity index (χ1v) is 11.8. The zero-order valence-corrected chi connectivity index (χ0v) is 18.4. The molecule has 2 aliphatic heterocycles. The second-order valence-electron chi connectivity index (χ2n) is 8.99. The summed E-state index contributed by atoms with van der Waals surface area (Å²) < 4.78 is 0. The molecule has 32 heavy (non-hydrogen) atoms. The highest BCUT2D eigenvalue weighted by atomic mass is 16.2. The van der Waals surface area contributed by atoms with Crippen LogP contribution in [0.4, 0.5) is 0 Å². The van der Waals surface area contributed by atoms with Crippen molar-refractivity contribution in [1.29, 1.82) is 0 Å². The van der Waals surface area contributed by atoms with Crippen LogP contribution in [0.25, 0.3) is 0 Å². The molecule has 1 aromatic carbocycles. The van der Waals surface area contributed by atoms with Crippen molar-refractivity contribution < 1.29 is 19.2 Å². The van der Waals surface area contributed by atoms with Gasteiger partial charge in [0.15, 0.2) is 0 Å². The zero-order valence-electron chi connectivity index (χ0n) is 18.4. The highest BCUT2D eigenvalue weighted by Gasteiger charge is 2.40. The number of carbonyl (C=O) groups excluding carboxylic acids is 4. The van der Waals surface area contributed by atoms with E-state index in [4.69, 9.17) is 0 Å². The fourth-order valence-electron chi connectivity index (χ4n) is 4.98. The number of nitrogens with zero attached hydrogens (tertiary/aromatic N) is 2. The summed E-state index contributed by atoms with van der Waals surface area (Å²) in [7, 11) is 0. The number of hydrogen-bond acceptors (Lipinski definition) is 4. The van der Waals surface area contributed by atoms with Crippen molar-refractivity contribution in [3.63, 3.8) is 0 Å². The normalized spacial score (nSPS) is 24.6. The third-order valence-corrected chi connectivity index (χ3v) is 6.83. The van der Waals surface area contributed by atoms with Crippen LogP contribution in [0.1, 0.15) is 55.3 Å². The Kier molecular flexibility index (Phi) is 7.07. The second kappa shape index (κ2) is 10.1. The first-order valence-electron chi connectivity index (χ1n) is 11.8. The van der Waals surface area contributed by atoms with Gasteiger partial charge in [0.05, 0.1) is 6.54 Å². The van der Waals surface area contributed by atoms with Gasteiger partial charge in [-0.15, -0.1) is 0 Å². The van der Waals surface area contributed by atoms with Crippen LogP contribution < -0.4 is 10.6 Å². The molecule has 2 atom stereocenters. The van der Waals surface area contributed by atoms with E-state index in [0.717, 1.165) is 38.5 Å². The van der Waals surface area contributed by atoms with E-state index in [9.17, 15) is 19.2 Å². The van der Waals surface area contributed by atoms with Gasteiger partial charge in [0.2, 0.25) is 17.7 Å². The van der Waals surface area contributed by atoms with Crippen LogP contribution in [0, 0.1) is 5.92 Å². The van der Waals surface area contributed by atoms with E-state index >= 15 is 0 Å². The third kappa shape index (κ3) is 4.95. The minimum Gasteiger partial charge on any atom is -0.354 e. The lowest BCUT2D eigenvalue weighted by Gasteiger charge is -2.42. The molecule has 2 saturated heterocycles. The lowest BCUT2D eigenvalue weighted by atomic mass is 9.88. The first-order chi connectivity index (χ1) is 15.5. The van der Waals surface area contributed by atoms with E-state index in [1.165, 1.54) is 0 Å². The van der Waals surface area contributed by atoms with Crippen molar-refractivity contribution in [2.75, 3.05) is 26.2 Å². The van der Waals surface area contributed by atoms with E-state index in [1.54, 1.807) is 34.1 Å². The number of amides is 4. The monoisotopic (exact) mass is 440 g/mol. The Balaban J connectivity index is 1.51. The van der Waals surface area contributed by atoms with Crippen LogP contribution in [-0.4, -0.2) is 71.7 Å². The molecule has 1 aromatic rings. The van der Waals surface area contributed by atoms with Gasteiger partial charge in [-0.25, -0.2) is 0 Å². The van der Waals surface area contributed by atoms with Gasteiger partial charge in [0, 0.05) is 31.1 Å². The van der Waals surface area contributed by atoms with E-state index in [-0.39, 0.29) is 36.1 Å². The van der Waals surface area contributed by atoms with E-state index in [2.05, 4.69) is 10.6 Å². The summed E-state index contributed by atoms with van der Waals surface area (Å²) >= 11 is 0. The zero-order chi connectivity index (χ0) is 22.5. The Morgan fingerprint density at radius 3 is 2.41 bits per heavy atom. The van der Waals surface area contributed by atoms with Crippen LogP contribution in [-0.2, 0) is 14.4 Å². The predicted molar refractivity (Wildman–Crippen MR) is 119 cm³/mol.